The smallest absolute Gasteiger partial charge is 0.299 e. The van der Waals surface area contributed by atoms with Crippen LogP contribution >= 0.6 is 0 Å². The van der Waals surface area contributed by atoms with Gasteiger partial charge in [-0.05, 0) is 18.6 Å². The zero-order valence-corrected chi connectivity index (χ0v) is 7.41. The Morgan fingerprint density at radius 3 is 2.00 bits per heavy atom. The standard InChI is InChI=1S/C7H9N.H2O3S/c1-6-4-2-3-5-7(6)8;1-4(2)3/h2-5H,8H2,1H3;(H2,1,2,3). The summed E-state index contributed by atoms with van der Waals surface area (Å²) in [6.45, 7) is 2.00. The highest BCUT2D eigenvalue weighted by Crippen LogP contribution is 2.06. The topological polar surface area (TPSA) is 83.6 Å². The molecule has 4 nitrogen and oxygen atoms in total. The van der Waals surface area contributed by atoms with E-state index in [1.807, 2.05) is 31.2 Å². The van der Waals surface area contributed by atoms with Gasteiger partial charge in [0.25, 0.3) is 11.4 Å². The number of para-hydroxylation sites is 1. The van der Waals surface area contributed by atoms with Gasteiger partial charge in [0, 0.05) is 5.69 Å². The zero-order chi connectivity index (χ0) is 9.56. The van der Waals surface area contributed by atoms with E-state index in [4.69, 9.17) is 19.0 Å². The van der Waals surface area contributed by atoms with Crippen molar-refractivity contribution in [3.8, 4) is 0 Å². The molecule has 12 heavy (non-hydrogen) atoms. The van der Waals surface area contributed by atoms with Crippen molar-refractivity contribution in [2.75, 3.05) is 5.73 Å². The van der Waals surface area contributed by atoms with Crippen molar-refractivity contribution in [1.82, 2.24) is 0 Å². The average Bonchev–Trinajstić information content (AvgIpc) is 1.94. The lowest BCUT2D eigenvalue weighted by Crippen LogP contribution is -1.85. The van der Waals surface area contributed by atoms with Crippen LogP contribution in [-0.2, 0) is 11.4 Å². The molecular weight excluding hydrogens is 178 g/mol. The number of nitrogens with two attached hydrogens (primary N) is 1. The summed E-state index contributed by atoms with van der Waals surface area (Å²) in [5.41, 5.74) is 7.53. The van der Waals surface area contributed by atoms with Crippen LogP contribution in [-0.4, -0.2) is 13.3 Å². The van der Waals surface area contributed by atoms with Gasteiger partial charge in [-0.25, -0.2) is 0 Å². The molecule has 0 aliphatic rings. The summed E-state index contributed by atoms with van der Waals surface area (Å²) in [6.07, 6.45) is 0. The van der Waals surface area contributed by atoms with Crippen LogP contribution in [0.4, 0.5) is 5.69 Å². The van der Waals surface area contributed by atoms with E-state index >= 15 is 0 Å². The highest BCUT2D eigenvalue weighted by molar-refractivity contribution is 7.73. The van der Waals surface area contributed by atoms with Crippen molar-refractivity contribution in [3.63, 3.8) is 0 Å². The minimum absolute atomic E-state index is 0.868. The van der Waals surface area contributed by atoms with Crippen molar-refractivity contribution in [2.45, 2.75) is 6.92 Å². The summed E-state index contributed by atoms with van der Waals surface area (Å²) in [5, 5.41) is 0. The van der Waals surface area contributed by atoms with Crippen LogP contribution in [0, 0.1) is 6.92 Å². The molecule has 0 spiro atoms. The van der Waals surface area contributed by atoms with Crippen molar-refractivity contribution >= 4 is 17.0 Å². The maximum absolute atomic E-state index is 8.67. The SMILES string of the molecule is Cc1ccccc1N.O=S(O)O. The van der Waals surface area contributed by atoms with E-state index < -0.39 is 11.4 Å². The van der Waals surface area contributed by atoms with Gasteiger partial charge in [0.1, 0.15) is 0 Å². The molecular formula is C7H11NO3S. The third-order valence-corrected chi connectivity index (χ3v) is 1.19. The molecule has 1 aromatic rings. The number of anilines is 1. The lowest BCUT2D eigenvalue weighted by Gasteiger charge is -1.93. The molecule has 68 valence electrons. The van der Waals surface area contributed by atoms with E-state index in [1.165, 1.54) is 0 Å². The Labute approximate surface area is 73.5 Å². The predicted molar refractivity (Wildman–Crippen MR) is 49.0 cm³/mol. The Morgan fingerprint density at radius 2 is 1.75 bits per heavy atom. The lowest BCUT2D eigenvalue weighted by molar-refractivity contribution is 0.454. The molecule has 5 heteroatoms. The number of benzene rings is 1. The number of hydrogen-bond acceptors (Lipinski definition) is 2. The predicted octanol–water partition coefficient (Wildman–Crippen LogP) is 1.26. The molecule has 1 aromatic carbocycles. The summed E-state index contributed by atoms with van der Waals surface area (Å²) in [7, 11) is 0. The van der Waals surface area contributed by atoms with Crippen molar-refractivity contribution in [1.29, 1.82) is 0 Å². The van der Waals surface area contributed by atoms with Crippen LogP contribution in [0.25, 0.3) is 0 Å². The van der Waals surface area contributed by atoms with E-state index in [0.717, 1.165) is 11.3 Å². The van der Waals surface area contributed by atoms with Crippen molar-refractivity contribution in [3.05, 3.63) is 29.8 Å². The summed E-state index contributed by atoms with van der Waals surface area (Å²) >= 11 is -2.61. The summed E-state index contributed by atoms with van der Waals surface area (Å²) in [5.74, 6) is 0. The van der Waals surface area contributed by atoms with Crippen LogP contribution in [0.2, 0.25) is 0 Å². The normalized spacial score (nSPS) is 9.00. The number of hydrogen-bond donors (Lipinski definition) is 3. The van der Waals surface area contributed by atoms with E-state index in [9.17, 15) is 0 Å². The highest BCUT2D eigenvalue weighted by Gasteiger charge is 1.84. The first-order valence-corrected chi connectivity index (χ1v) is 4.21. The second-order valence-corrected chi connectivity index (χ2v) is 2.55. The van der Waals surface area contributed by atoms with Gasteiger partial charge in [0.05, 0.1) is 0 Å². The largest absolute Gasteiger partial charge is 0.399 e. The molecule has 0 saturated carbocycles. The highest BCUT2D eigenvalue weighted by atomic mass is 32.2. The van der Waals surface area contributed by atoms with Crippen LogP contribution in [0.5, 0.6) is 0 Å². The van der Waals surface area contributed by atoms with Crippen LogP contribution in [0.3, 0.4) is 0 Å². The van der Waals surface area contributed by atoms with E-state index in [1.54, 1.807) is 0 Å². The van der Waals surface area contributed by atoms with E-state index in [2.05, 4.69) is 0 Å². The summed E-state index contributed by atoms with van der Waals surface area (Å²) < 4.78 is 22.8. The van der Waals surface area contributed by atoms with Crippen molar-refractivity contribution in [2.24, 2.45) is 0 Å². The number of aryl methyl sites for hydroxylation is 1. The van der Waals surface area contributed by atoms with Gasteiger partial charge in [0.2, 0.25) is 0 Å². The fourth-order valence-corrected chi connectivity index (χ4v) is 0.587. The molecule has 0 aliphatic carbocycles. The first-order chi connectivity index (χ1) is 5.54. The van der Waals surface area contributed by atoms with E-state index in [0.29, 0.717) is 0 Å². The average molecular weight is 189 g/mol. The first-order valence-electron chi connectivity index (χ1n) is 3.15. The lowest BCUT2D eigenvalue weighted by atomic mass is 10.2. The minimum atomic E-state index is -2.61. The molecule has 0 fully saturated rings. The van der Waals surface area contributed by atoms with Gasteiger partial charge >= 0.3 is 0 Å². The van der Waals surface area contributed by atoms with Crippen LogP contribution in [0.15, 0.2) is 24.3 Å². The second-order valence-electron chi connectivity index (χ2n) is 2.09. The van der Waals surface area contributed by atoms with E-state index in [-0.39, 0.29) is 0 Å². The maximum atomic E-state index is 8.67. The number of nitrogen functional groups attached to an aromatic ring is 1. The fourth-order valence-electron chi connectivity index (χ4n) is 0.587. The zero-order valence-electron chi connectivity index (χ0n) is 6.60. The second kappa shape index (κ2) is 5.70. The third-order valence-electron chi connectivity index (χ3n) is 1.19. The molecule has 0 aliphatic heterocycles. The van der Waals surface area contributed by atoms with Crippen LogP contribution in [0.1, 0.15) is 5.56 Å². The molecule has 0 aromatic heterocycles. The van der Waals surface area contributed by atoms with Crippen LogP contribution < -0.4 is 5.73 Å². The third kappa shape index (κ3) is 5.84. The first kappa shape index (κ1) is 11.1. The number of rotatable bonds is 0. The fraction of sp³-hybridized carbons (Fsp3) is 0.143. The Morgan fingerprint density at radius 1 is 1.33 bits per heavy atom. The molecule has 0 amide bonds. The molecule has 0 heterocycles. The Hall–Kier alpha value is -0.910. The van der Waals surface area contributed by atoms with Gasteiger partial charge in [-0.1, -0.05) is 18.2 Å². The maximum Gasteiger partial charge on any atom is 0.299 e. The molecule has 0 bridgehead atoms. The Balaban J connectivity index is 0.000000261. The molecule has 4 N–H and O–H groups in total. The van der Waals surface area contributed by atoms with Gasteiger partial charge in [-0.3, -0.25) is 9.11 Å². The Kier molecular flexibility index (Phi) is 5.27. The van der Waals surface area contributed by atoms with Gasteiger partial charge < -0.3 is 5.73 Å². The molecule has 0 saturated heterocycles. The van der Waals surface area contributed by atoms with Gasteiger partial charge in [0.15, 0.2) is 0 Å². The molecule has 1 rings (SSSR count). The summed E-state index contributed by atoms with van der Waals surface area (Å²) in [6, 6.07) is 7.80. The summed E-state index contributed by atoms with van der Waals surface area (Å²) in [4.78, 5) is 0. The molecule has 0 radical (unpaired) electrons. The molecule has 0 unspecified atom stereocenters. The quantitative estimate of drug-likeness (QED) is 0.423. The Bertz CT molecular complexity index is 240. The van der Waals surface area contributed by atoms with Crippen molar-refractivity contribution < 1.29 is 13.3 Å². The van der Waals surface area contributed by atoms with Gasteiger partial charge in [-0.15, -0.1) is 0 Å². The minimum Gasteiger partial charge on any atom is -0.399 e. The van der Waals surface area contributed by atoms with Gasteiger partial charge in [-0.2, -0.15) is 4.21 Å². The molecule has 0 atom stereocenters. The monoisotopic (exact) mass is 189 g/mol.